The summed E-state index contributed by atoms with van der Waals surface area (Å²) in [5.41, 5.74) is 4.91. The van der Waals surface area contributed by atoms with Gasteiger partial charge in [0.1, 0.15) is 0 Å². The maximum absolute atomic E-state index is 11.6. The van der Waals surface area contributed by atoms with Gasteiger partial charge in [-0.3, -0.25) is 4.79 Å². The lowest BCUT2D eigenvalue weighted by Gasteiger charge is -2.11. The summed E-state index contributed by atoms with van der Waals surface area (Å²) in [5, 5.41) is 1.98. The molecule has 0 bridgehead atoms. The number of rotatable bonds is 4. The predicted octanol–water partition coefficient (Wildman–Crippen LogP) is 3.82. The van der Waals surface area contributed by atoms with Crippen LogP contribution in [0, 0.1) is 13.5 Å². The molecule has 2 aromatic carbocycles. The number of aromatic nitrogens is 2. The van der Waals surface area contributed by atoms with E-state index < -0.39 is 0 Å². The van der Waals surface area contributed by atoms with Crippen molar-refractivity contribution < 1.29 is 4.79 Å². The zero-order chi connectivity index (χ0) is 16.4. The maximum atomic E-state index is 11.6. The summed E-state index contributed by atoms with van der Waals surface area (Å²) in [5.74, 6) is 0. The van der Waals surface area contributed by atoms with Crippen molar-refractivity contribution in [2.24, 2.45) is 7.05 Å². The normalized spacial score (nSPS) is 10.7. The van der Waals surface area contributed by atoms with Gasteiger partial charge in [0.15, 0.2) is 6.29 Å². The van der Waals surface area contributed by atoms with Crippen LogP contribution in [0.2, 0.25) is 0 Å². The van der Waals surface area contributed by atoms with E-state index in [1.807, 2.05) is 23.7 Å². The summed E-state index contributed by atoms with van der Waals surface area (Å²) in [6.07, 6.45) is 5.16. The van der Waals surface area contributed by atoms with Crippen LogP contribution in [0.4, 0.5) is 0 Å². The summed E-state index contributed by atoms with van der Waals surface area (Å²) < 4.78 is 1.94. The molecule has 23 heavy (non-hydrogen) atoms. The second kappa shape index (κ2) is 6.05. The van der Waals surface area contributed by atoms with E-state index in [1.54, 1.807) is 12.5 Å². The van der Waals surface area contributed by atoms with Gasteiger partial charge in [-0.05, 0) is 47.0 Å². The molecule has 0 unspecified atom stereocenters. The van der Waals surface area contributed by atoms with E-state index in [0.717, 1.165) is 39.4 Å². The molecule has 0 saturated heterocycles. The number of carbonyl (C=O) groups is 1. The molecule has 4 nitrogen and oxygen atoms in total. The second-order valence-corrected chi connectivity index (χ2v) is 5.70. The van der Waals surface area contributed by atoms with Crippen LogP contribution in [0.5, 0.6) is 0 Å². The Bertz CT molecular complexity index is 932. The van der Waals surface area contributed by atoms with Gasteiger partial charge >= 0.3 is 0 Å². The molecule has 0 N–H and O–H groups in total. The minimum Gasteiger partial charge on any atom is -0.334 e. The van der Waals surface area contributed by atoms with Crippen molar-refractivity contribution in [2.45, 2.75) is 13.3 Å². The van der Waals surface area contributed by atoms with Gasteiger partial charge < -0.3 is 9.41 Å². The molecule has 3 rings (SSSR count). The third-order valence-electron chi connectivity index (χ3n) is 4.17. The third kappa shape index (κ3) is 2.74. The molecule has 0 aliphatic rings. The Kier molecular flexibility index (Phi) is 3.94. The van der Waals surface area contributed by atoms with Crippen molar-refractivity contribution in [3.8, 4) is 11.3 Å². The van der Waals surface area contributed by atoms with Crippen LogP contribution in [0.15, 0.2) is 36.8 Å². The average molecular weight is 303 g/mol. The molecule has 0 amide bonds. The van der Waals surface area contributed by atoms with E-state index in [4.69, 9.17) is 6.57 Å². The van der Waals surface area contributed by atoms with E-state index in [1.165, 1.54) is 0 Å². The minimum atomic E-state index is 0.468. The number of benzene rings is 2. The van der Waals surface area contributed by atoms with Gasteiger partial charge in [-0.1, -0.05) is 6.07 Å². The third-order valence-corrected chi connectivity index (χ3v) is 4.17. The van der Waals surface area contributed by atoms with Crippen molar-refractivity contribution >= 4 is 17.1 Å². The number of imidazole rings is 1. The van der Waals surface area contributed by atoms with Crippen LogP contribution in [0.25, 0.3) is 26.9 Å². The lowest BCUT2D eigenvalue weighted by molar-refractivity contribution is 0.112. The topological polar surface area (TPSA) is 39.2 Å². The number of aryl methyl sites for hydroxylation is 2. The standard InChI is InChI=1S/C19H17N3O/c1-13-6-15-7-16(19-10-21-12-22(19)3)8-17(11-23)18(15)9-14(13)4-5-20-2/h6-12H,4-5H2,1,3H3. The average Bonchev–Trinajstić information content (AvgIpc) is 2.98. The summed E-state index contributed by atoms with van der Waals surface area (Å²) in [6.45, 7) is 9.47. The molecule has 0 saturated carbocycles. The van der Waals surface area contributed by atoms with Gasteiger partial charge in [0.25, 0.3) is 0 Å². The Balaban J connectivity index is 2.21. The van der Waals surface area contributed by atoms with Gasteiger partial charge in [-0.25, -0.2) is 11.6 Å². The molecule has 0 atom stereocenters. The Hall–Kier alpha value is -2.93. The lowest BCUT2D eigenvalue weighted by atomic mass is 9.94. The van der Waals surface area contributed by atoms with Gasteiger partial charge in [-0.15, -0.1) is 0 Å². The monoisotopic (exact) mass is 303 g/mol. The molecule has 3 aromatic rings. The van der Waals surface area contributed by atoms with Crippen molar-refractivity contribution in [1.82, 2.24) is 9.55 Å². The fourth-order valence-corrected chi connectivity index (χ4v) is 2.93. The summed E-state index contributed by atoms with van der Waals surface area (Å²) in [7, 11) is 1.94. The number of hydrogen-bond acceptors (Lipinski definition) is 2. The Morgan fingerprint density at radius 3 is 2.78 bits per heavy atom. The van der Waals surface area contributed by atoms with Crippen molar-refractivity contribution in [1.29, 1.82) is 0 Å². The molecule has 0 aliphatic carbocycles. The molecule has 0 aliphatic heterocycles. The molecule has 0 radical (unpaired) electrons. The van der Waals surface area contributed by atoms with Crippen LogP contribution in [0.3, 0.4) is 0 Å². The molecule has 4 heteroatoms. The lowest BCUT2D eigenvalue weighted by Crippen LogP contribution is -1.96. The van der Waals surface area contributed by atoms with Crippen molar-refractivity contribution in [2.75, 3.05) is 6.54 Å². The molecule has 1 aromatic heterocycles. The van der Waals surface area contributed by atoms with Crippen LogP contribution >= 0.6 is 0 Å². The molecule has 114 valence electrons. The fraction of sp³-hybridized carbons (Fsp3) is 0.211. The summed E-state index contributed by atoms with van der Waals surface area (Å²) in [6, 6.07) is 8.14. The van der Waals surface area contributed by atoms with E-state index in [9.17, 15) is 4.79 Å². The minimum absolute atomic E-state index is 0.468. The van der Waals surface area contributed by atoms with Crippen LogP contribution in [0.1, 0.15) is 21.5 Å². The number of fused-ring (bicyclic) bond motifs is 1. The number of aldehydes is 1. The van der Waals surface area contributed by atoms with Gasteiger partial charge in [0, 0.05) is 24.6 Å². The first-order chi connectivity index (χ1) is 11.1. The number of carbonyl (C=O) groups excluding carboxylic acids is 1. The van der Waals surface area contributed by atoms with Crippen LogP contribution in [-0.2, 0) is 13.5 Å². The van der Waals surface area contributed by atoms with E-state index in [2.05, 4.69) is 28.9 Å². The first-order valence-corrected chi connectivity index (χ1v) is 7.46. The molecule has 0 fully saturated rings. The highest BCUT2D eigenvalue weighted by atomic mass is 16.1. The maximum Gasteiger partial charge on any atom is 0.218 e. The molecular formula is C19H17N3O. The zero-order valence-electron chi connectivity index (χ0n) is 13.2. The van der Waals surface area contributed by atoms with Crippen molar-refractivity contribution in [3.05, 3.63) is 64.9 Å². The van der Waals surface area contributed by atoms with E-state index in [-0.39, 0.29) is 0 Å². The van der Waals surface area contributed by atoms with Gasteiger partial charge in [0.05, 0.1) is 18.2 Å². The van der Waals surface area contributed by atoms with Gasteiger partial charge in [0.2, 0.25) is 6.54 Å². The Labute approximate surface area is 135 Å². The fourth-order valence-electron chi connectivity index (χ4n) is 2.93. The highest BCUT2D eigenvalue weighted by Gasteiger charge is 2.11. The first kappa shape index (κ1) is 15.0. The summed E-state index contributed by atoms with van der Waals surface area (Å²) in [4.78, 5) is 19.1. The SMILES string of the molecule is [C-]#[N+]CCc1cc2c(C=O)cc(-c3cncn3C)cc2cc1C. The first-order valence-electron chi connectivity index (χ1n) is 7.46. The Morgan fingerprint density at radius 2 is 2.13 bits per heavy atom. The number of nitrogens with zero attached hydrogens (tertiary/aromatic N) is 3. The van der Waals surface area contributed by atoms with Gasteiger partial charge in [-0.2, -0.15) is 0 Å². The number of hydrogen-bond donors (Lipinski definition) is 0. The highest BCUT2D eigenvalue weighted by Crippen LogP contribution is 2.29. The highest BCUT2D eigenvalue weighted by molar-refractivity contribution is 6.01. The quantitative estimate of drug-likeness (QED) is 0.543. The molecule has 1 heterocycles. The smallest absolute Gasteiger partial charge is 0.218 e. The molecular weight excluding hydrogens is 286 g/mol. The largest absolute Gasteiger partial charge is 0.334 e. The van der Waals surface area contributed by atoms with E-state index in [0.29, 0.717) is 18.5 Å². The van der Waals surface area contributed by atoms with E-state index >= 15 is 0 Å². The van der Waals surface area contributed by atoms with Crippen LogP contribution in [-0.4, -0.2) is 22.4 Å². The zero-order valence-corrected chi connectivity index (χ0v) is 13.2. The Morgan fingerprint density at radius 1 is 1.30 bits per heavy atom. The van der Waals surface area contributed by atoms with Crippen LogP contribution < -0.4 is 0 Å². The summed E-state index contributed by atoms with van der Waals surface area (Å²) >= 11 is 0. The predicted molar refractivity (Wildman–Crippen MR) is 91.4 cm³/mol. The second-order valence-electron chi connectivity index (χ2n) is 5.70. The molecule has 0 spiro atoms. The van der Waals surface area contributed by atoms with Crippen molar-refractivity contribution in [3.63, 3.8) is 0 Å².